The molecule has 0 radical (unpaired) electrons. The summed E-state index contributed by atoms with van der Waals surface area (Å²) in [6.07, 6.45) is 3.59. The third-order valence-corrected chi connectivity index (χ3v) is 2.96. The van der Waals surface area contributed by atoms with Crippen molar-refractivity contribution in [1.82, 2.24) is 0 Å². The Kier molecular flexibility index (Phi) is 9.14. The monoisotopic (exact) mass is 244 g/mol. The number of rotatable bonds is 9. The number of carbonyl (C=O) groups excluding carboxylic acids is 1. The van der Waals surface area contributed by atoms with Gasteiger partial charge in [0, 0.05) is 7.11 Å². The van der Waals surface area contributed by atoms with E-state index >= 15 is 0 Å². The topological polar surface area (TPSA) is 35.5 Å². The molecule has 0 N–H and O–H groups in total. The summed E-state index contributed by atoms with van der Waals surface area (Å²) in [4.78, 5) is 12.0. The van der Waals surface area contributed by atoms with Crippen LogP contribution in [0.15, 0.2) is 0 Å². The van der Waals surface area contributed by atoms with Crippen LogP contribution in [0.1, 0.15) is 53.4 Å². The minimum atomic E-state index is -0.112. The van der Waals surface area contributed by atoms with Gasteiger partial charge in [-0.2, -0.15) is 0 Å². The van der Waals surface area contributed by atoms with Crippen molar-refractivity contribution in [2.45, 2.75) is 59.5 Å². The highest BCUT2D eigenvalue weighted by atomic mass is 16.5. The molecule has 0 saturated carbocycles. The lowest BCUT2D eigenvalue weighted by Crippen LogP contribution is -2.31. The molecule has 0 aliphatic rings. The van der Waals surface area contributed by atoms with Gasteiger partial charge in [0.05, 0.1) is 18.6 Å². The Hall–Kier alpha value is -0.570. The Morgan fingerprint density at radius 2 is 1.82 bits per heavy atom. The fourth-order valence-corrected chi connectivity index (χ4v) is 1.89. The minimum absolute atomic E-state index is 0.0156. The van der Waals surface area contributed by atoms with E-state index in [4.69, 9.17) is 9.47 Å². The molecule has 0 aromatic carbocycles. The first-order valence-corrected chi connectivity index (χ1v) is 6.76. The Morgan fingerprint density at radius 1 is 1.18 bits per heavy atom. The van der Waals surface area contributed by atoms with Gasteiger partial charge >= 0.3 is 5.97 Å². The lowest BCUT2D eigenvalue weighted by atomic mass is 9.92. The molecule has 2 atom stereocenters. The van der Waals surface area contributed by atoms with Crippen LogP contribution in [0.2, 0.25) is 0 Å². The van der Waals surface area contributed by atoms with Crippen molar-refractivity contribution in [2.24, 2.45) is 11.8 Å². The molecule has 0 fully saturated rings. The zero-order chi connectivity index (χ0) is 13.3. The van der Waals surface area contributed by atoms with Crippen LogP contribution >= 0.6 is 0 Å². The molecule has 0 heterocycles. The predicted octanol–water partition coefficient (Wildman–Crippen LogP) is 3.42. The van der Waals surface area contributed by atoms with Crippen LogP contribution < -0.4 is 0 Å². The zero-order valence-corrected chi connectivity index (χ0v) is 12.0. The minimum Gasteiger partial charge on any atom is -0.465 e. The zero-order valence-electron chi connectivity index (χ0n) is 12.0. The third-order valence-electron chi connectivity index (χ3n) is 2.96. The van der Waals surface area contributed by atoms with E-state index in [0.29, 0.717) is 12.5 Å². The molecule has 0 amide bonds. The maximum atomic E-state index is 12.0. The highest BCUT2D eigenvalue weighted by Gasteiger charge is 2.28. The van der Waals surface area contributed by atoms with Gasteiger partial charge in [0.15, 0.2) is 0 Å². The fraction of sp³-hybridized carbons (Fsp3) is 0.929. The molecule has 0 saturated heterocycles. The Bertz CT molecular complexity index is 198. The second-order valence-corrected chi connectivity index (χ2v) is 4.93. The highest BCUT2D eigenvalue weighted by molar-refractivity contribution is 5.73. The summed E-state index contributed by atoms with van der Waals surface area (Å²) in [5.74, 6) is 0.394. The first kappa shape index (κ1) is 16.4. The SMILES string of the molecule is CCCOC(=O)C(CCC(C)C)C(CC)OC. The Balaban J connectivity index is 4.41. The summed E-state index contributed by atoms with van der Waals surface area (Å²) in [6, 6.07) is 0. The quantitative estimate of drug-likeness (QED) is 0.583. The average Bonchev–Trinajstić information content (AvgIpc) is 2.31. The number of carbonyl (C=O) groups is 1. The fourth-order valence-electron chi connectivity index (χ4n) is 1.89. The van der Waals surface area contributed by atoms with E-state index in [1.54, 1.807) is 7.11 Å². The summed E-state index contributed by atoms with van der Waals surface area (Å²) >= 11 is 0. The first-order chi connectivity index (χ1) is 8.06. The summed E-state index contributed by atoms with van der Waals surface area (Å²) in [5, 5.41) is 0. The van der Waals surface area contributed by atoms with Gasteiger partial charge < -0.3 is 9.47 Å². The number of esters is 1. The summed E-state index contributed by atoms with van der Waals surface area (Å²) in [6.45, 7) is 8.90. The van der Waals surface area contributed by atoms with Crippen molar-refractivity contribution in [1.29, 1.82) is 0 Å². The van der Waals surface area contributed by atoms with Crippen LogP contribution in [-0.2, 0) is 14.3 Å². The van der Waals surface area contributed by atoms with Crippen LogP contribution in [0, 0.1) is 11.8 Å². The third kappa shape index (κ3) is 6.67. The van der Waals surface area contributed by atoms with Crippen molar-refractivity contribution < 1.29 is 14.3 Å². The molecule has 17 heavy (non-hydrogen) atoms. The maximum absolute atomic E-state index is 12.0. The van der Waals surface area contributed by atoms with E-state index in [9.17, 15) is 4.79 Å². The number of methoxy groups -OCH3 is 1. The van der Waals surface area contributed by atoms with Crippen LogP contribution in [0.3, 0.4) is 0 Å². The molecule has 102 valence electrons. The second-order valence-electron chi connectivity index (χ2n) is 4.93. The Labute approximate surface area is 106 Å². The summed E-state index contributed by atoms with van der Waals surface area (Å²) in [7, 11) is 1.67. The van der Waals surface area contributed by atoms with Crippen molar-refractivity contribution >= 4 is 5.97 Å². The Morgan fingerprint density at radius 3 is 2.24 bits per heavy atom. The molecular formula is C14H28O3. The van der Waals surface area contributed by atoms with Crippen LogP contribution in [0.25, 0.3) is 0 Å². The predicted molar refractivity (Wildman–Crippen MR) is 69.9 cm³/mol. The molecule has 2 unspecified atom stereocenters. The summed E-state index contributed by atoms with van der Waals surface area (Å²) < 4.78 is 10.6. The van der Waals surface area contributed by atoms with E-state index in [-0.39, 0.29) is 18.0 Å². The van der Waals surface area contributed by atoms with Crippen molar-refractivity contribution in [3.8, 4) is 0 Å². The van der Waals surface area contributed by atoms with Gasteiger partial charge in [-0.1, -0.05) is 34.1 Å². The van der Waals surface area contributed by atoms with Gasteiger partial charge in [-0.25, -0.2) is 0 Å². The van der Waals surface area contributed by atoms with Gasteiger partial charge in [0.25, 0.3) is 0 Å². The molecular weight excluding hydrogens is 216 g/mol. The van der Waals surface area contributed by atoms with Gasteiger partial charge in [0.1, 0.15) is 0 Å². The smallest absolute Gasteiger partial charge is 0.311 e. The molecule has 0 aromatic heterocycles. The van der Waals surface area contributed by atoms with Crippen molar-refractivity contribution in [3.05, 3.63) is 0 Å². The molecule has 0 bridgehead atoms. The molecule has 0 aliphatic heterocycles. The van der Waals surface area contributed by atoms with Gasteiger partial charge in [0.2, 0.25) is 0 Å². The van der Waals surface area contributed by atoms with Gasteiger partial charge in [-0.3, -0.25) is 4.79 Å². The average molecular weight is 244 g/mol. The van der Waals surface area contributed by atoms with Crippen LogP contribution in [0.4, 0.5) is 0 Å². The number of hydrogen-bond donors (Lipinski definition) is 0. The molecule has 0 aliphatic carbocycles. The molecule has 0 spiro atoms. The van der Waals surface area contributed by atoms with E-state index in [1.807, 2.05) is 13.8 Å². The van der Waals surface area contributed by atoms with Crippen molar-refractivity contribution in [3.63, 3.8) is 0 Å². The van der Waals surface area contributed by atoms with E-state index in [1.165, 1.54) is 0 Å². The molecule has 3 heteroatoms. The van der Waals surface area contributed by atoms with Gasteiger partial charge in [-0.15, -0.1) is 0 Å². The van der Waals surface area contributed by atoms with E-state index in [0.717, 1.165) is 25.7 Å². The maximum Gasteiger partial charge on any atom is 0.311 e. The molecule has 0 aromatic rings. The summed E-state index contributed by atoms with van der Waals surface area (Å²) in [5.41, 5.74) is 0. The van der Waals surface area contributed by atoms with Gasteiger partial charge in [-0.05, 0) is 25.2 Å². The van der Waals surface area contributed by atoms with Crippen LogP contribution in [-0.4, -0.2) is 25.8 Å². The standard InChI is InChI=1S/C14H28O3/c1-6-10-17-14(15)12(9-8-11(3)4)13(7-2)16-5/h11-13H,6-10H2,1-5H3. The molecule has 3 nitrogen and oxygen atoms in total. The second kappa shape index (κ2) is 9.46. The largest absolute Gasteiger partial charge is 0.465 e. The number of hydrogen-bond acceptors (Lipinski definition) is 3. The lowest BCUT2D eigenvalue weighted by Gasteiger charge is -2.24. The first-order valence-electron chi connectivity index (χ1n) is 6.76. The van der Waals surface area contributed by atoms with Crippen LogP contribution in [0.5, 0.6) is 0 Å². The highest BCUT2D eigenvalue weighted by Crippen LogP contribution is 2.21. The van der Waals surface area contributed by atoms with E-state index in [2.05, 4.69) is 13.8 Å². The lowest BCUT2D eigenvalue weighted by molar-refractivity contribution is -0.154. The molecule has 0 rings (SSSR count). The van der Waals surface area contributed by atoms with Crippen molar-refractivity contribution in [2.75, 3.05) is 13.7 Å². The normalized spacial score (nSPS) is 14.7. The number of ether oxygens (including phenoxy) is 2. The van der Waals surface area contributed by atoms with E-state index < -0.39 is 0 Å².